The highest BCUT2D eigenvalue weighted by Gasteiger charge is 2.26. The van der Waals surface area contributed by atoms with Gasteiger partial charge in [0.15, 0.2) is 5.65 Å². The van der Waals surface area contributed by atoms with Crippen LogP contribution in [0, 0.1) is 0 Å². The van der Waals surface area contributed by atoms with E-state index in [2.05, 4.69) is 32.7 Å². The summed E-state index contributed by atoms with van der Waals surface area (Å²) in [4.78, 5) is 9.47. The fourth-order valence-corrected chi connectivity index (χ4v) is 4.59. The Labute approximate surface area is 123 Å². The minimum absolute atomic E-state index is 0.551. The largest absolute Gasteiger partial charge is 0.316 e. The Kier molecular flexibility index (Phi) is 3.40. The van der Waals surface area contributed by atoms with Crippen LogP contribution >= 0.6 is 11.8 Å². The summed E-state index contributed by atoms with van der Waals surface area (Å²) < 4.78 is 2.40. The smallest absolute Gasteiger partial charge is 0.160 e. The molecule has 2 atom stereocenters. The Hall–Kier alpha value is -1.07. The van der Waals surface area contributed by atoms with Crippen molar-refractivity contribution in [3.63, 3.8) is 0 Å². The van der Waals surface area contributed by atoms with Gasteiger partial charge in [-0.3, -0.25) is 0 Å². The van der Waals surface area contributed by atoms with Crippen LogP contribution in [0.1, 0.15) is 31.0 Å². The van der Waals surface area contributed by atoms with Crippen LogP contribution in [0.15, 0.2) is 18.3 Å². The van der Waals surface area contributed by atoms with Gasteiger partial charge in [-0.2, -0.15) is 11.8 Å². The SMILES string of the molecule is c1cnc2c(c1)nc(C1CCNC1)n2CC1CCCS1. The van der Waals surface area contributed by atoms with Crippen molar-refractivity contribution in [3.05, 3.63) is 24.2 Å². The van der Waals surface area contributed by atoms with Gasteiger partial charge in [-0.25, -0.2) is 9.97 Å². The van der Waals surface area contributed by atoms with Crippen molar-refractivity contribution >= 4 is 22.9 Å². The number of fused-ring (bicyclic) bond motifs is 1. The van der Waals surface area contributed by atoms with Gasteiger partial charge in [-0.1, -0.05) is 0 Å². The lowest BCUT2D eigenvalue weighted by atomic mass is 10.1. The third kappa shape index (κ3) is 2.23. The number of hydrogen-bond acceptors (Lipinski definition) is 4. The minimum Gasteiger partial charge on any atom is -0.316 e. The molecular weight excluding hydrogens is 268 g/mol. The predicted octanol–water partition coefficient (Wildman–Crippen LogP) is 2.40. The molecule has 0 amide bonds. The molecule has 20 heavy (non-hydrogen) atoms. The molecule has 106 valence electrons. The Bertz CT molecular complexity index is 597. The lowest BCUT2D eigenvalue weighted by Crippen LogP contribution is -2.17. The summed E-state index contributed by atoms with van der Waals surface area (Å²) in [5.41, 5.74) is 2.12. The molecular formula is C15H20N4S. The first-order chi connectivity index (χ1) is 9.92. The van der Waals surface area contributed by atoms with Crippen molar-refractivity contribution in [2.45, 2.75) is 37.0 Å². The highest BCUT2D eigenvalue weighted by atomic mass is 32.2. The van der Waals surface area contributed by atoms with Crippen LogP contribution in [0.25, 0.3) is 11.2 Å². The van der Waals surface area contributed by atoms with Crippen LogP contribution in [0.3, 0.4) is 0 Å². The quantitative estimate of drug-likeness (QED) is 0.942. The van der Waals surface area contributed by atoms with Crippen LogP contribution < -0.4 is 5.32 Å². The lowest BCUT2D eigenvalue weighted by Gasteiger charge is -2.16. The first kappa shape index (κ1) is 12.7. The van der Waals surface area contributed by atoms with Gasteiger partial charge in [0.25, 0.3) is 0 Å². The zero-order valence-corrected chi connectivity index (χ0v) is 12.4. The summed E-state index contributed by atoms with van der Waals surface area (Å²) in [5.74, 6) is 3.11. The number of rotatable bonds is 3. The monoisotopic (exact) mass is 288 g/mol. The maximum absolute atomic E-state index is 4.89. The van der Waals surface area contributed by atoms with Crippen molar-refractivity contribution in [1.29, 1.82) is 0 Å². The van der Waals surface area contributed by atoms with Gasteiger partial charge in [-0.05, 0) is 43.7 Å². The normalized spacial score (nSPS) is 26.6. The van der Waals surface area contributed by atoms with Crippen molar-refractivity contribution < 1.29 is 0 Å². The van der Waals surface area contributed by atoms with E-state index < -0.39 is 0 Å². The van der Waals surface area contributed by atoms with Crippen LogP contribution in [0.5, 0.6) is 0 Å². The second kappa shape index (κ2) is 5.37. The number of nitrogens with zero attached hydrogens (tertiary/aromatic N) is 3. The lowest BCUT2D eigenvalue weighted by molar-refractivity contribution is 0.582. The van der Waals surface area contributed by atoms with E-state index >= 15 is 0 Å². The third-order valence-corrected chi connectivity index (χ3v) is 5.75. The maximum Gasteiger partial charge on any atom is 0.160 e. The van der Waals surface area contributed by atoms with Crippen molar-refractivity contribution in [3.8, 4) is 0 Å². The van der Waals surface area contributed by atoms with Gasteiger partial charge in [0.05, 0.1) is 0 Å². The molecule has 4 rings (SSSR count). The molecule has 2 aromatic rings. The summed E-state index contributed by atoms with van der Waals surface area (Å²) in [5, 5.41) is 4.20. The molecule has 1 N–H and O–H groups in total. The second-order valence-electron chi connectivity index (χ2n) is 5.75. The minimum atomic E-state index is 0.551. The van der Waals surface area contributed by atoms with E-state index in [9.17, 15) is 0 Å². The molecule has 2 unspecified atom stereocenters. The molecule has 0 aliphatic carbocycles. The Morgan fingerprint density at radius 2 is 2.40 bits per heavy atom. The number of hydrogen-bond donors (Lipinski definition) is 1. The molecule has 4 heterocycles. The first-order valence-electron chi connectivity index (χ1n) is 7.55. The van der Waals surface area contributed by atoms with E-state index in [0.717, 1.165) is 36.0 Å². The molecule has 4 nitrogen and oxygen atoms in total. The van der Waals surface area contributed by atoms with Crippen LogP contribution in [0.4, 0.5) is 0 Å². The van der Waals surface area contributed by atoms with Crippen molar-refractivity contribution in [2.24, 2.45) is 0 Å². The summed E-state index contributed by atoms with van der Waals surface area (Å²) in [6, 6.07) is 4.08. The number of imidazole rings is 1. The summed E-state index contributed by atoms with van der Waals surface area (Å²) >= 11 is 2.11. The van der Waals surface area contributed by atoms with E-state index in [4.69, 9.17) is 4.98 Å². The van der Waals surface area contributed by atoms with Gasteiger partial charge in [0, 0.05) is 30.5 Å². The summed E-state index contributed by atoms with van der Waals surface area (Å²) in [6.45, 7) is 3.24. The molecule has 2 saturated heterocycles. The average Bonchev–Trinajstić information content (AvgIpc) is 3.19. The van der Waals surface area contributed by atoms with Crippen LogP contribution in [-0.4, -0.2) is 38.6 Å². The second-order valence-corrected chi connectivity index (χ2v) is 7.16. The molecule has 0 saturated carbocycles. The zero-order chi connectivity index (χ0) is 13.4. The van der Waals surface area contributed by atoms with Gasteiger partial charge < -0.3 is 9.88 Å². The number of thioether (sulfide) groups is 1. The van der Waals surface area contributed by atoms with Gasteiger partial charge in [-0.15, -0.1) is 0 Å². The molecule has 5 heteroatoms. The van der Waals surface area contributed by atoms with Gasteiger partial charge >= 0.3 is 0 Å². The zero-order valence-electron chi connectivity index (χ0n) is 11.6. The number of aromatic nitrogens is 3. The Balaban J connectivity index is 1.75. The highest BCUT2D eigenvalue weighted by molar-refractivity contribution is 8.00. The topological polar surface area (TPSA) is 42.7 Å². The summed E-state index contributed by atoms with van der Waals surface area (Å²) in [6.07, 6.45) is 5.77. The molecule has 2 aliphatic heterocycles. The number of nitrogens with one attached hydrogen (secondary N) is 1. The van der Waals surface area contributed by atoms with E-state index in [-0.39, 0.29) is 0 Å². The average molecular weight is 288 g/mol. The molecule has 0 spiro atoms. The van der Waals surface area contributed by atoms with Gasteiger partial charge in [0.2, 0.25) is 0 Å². The van der Waals surface area contributed by atoms with Crippen molar-refractivity contribution in [1.82, 2.24) is 19.9 Å². The standard InChI is InChI=1S/C15H20N4S/c1-4-13-15(17-6-1)19(10-12-3-2-8-20-12)14(18-13)11-5-7-16-9-11/h1,4,6,11-12,16H,2-3,5,7-10H2. The highest BCUT2D eigenvalue weighted by Crippen LogP contribution is 2.31. The molecule has 0 aromatic carbocycles. The fraction of sp³-hybridized carbons (Fsp3) is 0.600. The van der Waals surface area contributed by atoms with Crippen molar-refractivity contribution in [2.75, 3.05) is 18.8 Å². The fourth-order valence-electron chi connectivity index (χ4n) is 3.33. The molecule has 2 aromatic heterocycles. The van der Waals surface area contributed by atoms with E-state index in [0.29, 0.717) is 5.92 Å². The maximum atomic E-state index is 4.89. The van der Waals surface area contributed by atoms with Crippen LogP contribution in [0.2, 0.25) is 0 Å². The summed E-state index contributed by atoms with van der Waals surface area (Å²) in [7, 11) is 0. The Morgan fingerprint density at radius 1 is 1.40 bits per heavy atom. The third-order valence-electron chi connectivity index (χ3n) is 4.37. The Morgan fingerprint density at radius 3 is 3.20 bits per heavy atom. The first-order valence-corrected chi connectivity index (χ1v) is 8.60. The molecule has 2 aliphatic rings. The predicted molar refractivity (Wildman–Crippen MR) is 83.2 cm³/mol. The van der Waals surface area contributed by atoms with Crippen LogP contribution in [-0.2, 0) is 6.54 Å². The molecule has 2 fully saturated rings. The molecule has 0 radical (unpaired) electrons. The van der Waals surface area contributed by atoms with E-state index in [1.807, 2.05) is 12.3 Å². The molecule has 0 bridgehead atoms. The van der Waals surface area contributed by atoms with Gasteiger partial charge in [0.1, 0.15) is 11.3 Å². The number of pyridine rings is 1. The van der Waals surface area contributed by atoms with E-state index in [1.165, 1.54) is 30.8 Å². The van der Waals surface area contributed by atoms with E-state index in [1.54, 1.807) is 0 Å².